The average molecular weight is 591 g/mol. The van der Waals surface area contributed by atoms with E-state index in [1.807, 2.05) is 44.2 Å². The Morgan fingerprint density at radius 1 is 1.17 bits per heavy atom. The first-order chi connectivity index (χ1) is 19.7. The molecule has 0 aliphatic carbocycles. The zero-order chi connectivity index (χ0) is 29.0. The number of likely N-dealkylation sites (tertiary alicyclic amines) is 1. The van der Waals surface area contributed by atoms with E-state index in [2.05, 4.69) is 10.2 Å². The molecule has 1 aromatic heterocycles. The summed E-state index contributed by atoms with van der Waals surface area (Å²) >= 11 is 1.75. The van der Waals surface area contributed by atoms with Gasteiger partial charge in [-0.25, -0.2) is 18.5 Å². The normalized spacial score (nSPS) is 16.3. The molecule has 1 fully saturated rings. The van der Waals surface area contributed by atoms with E-state index >= 15 is 0 Å². The Bertz CT molecular complexity index is 1570. The predicted molar refractivity (Wildman–Crippen MR) is 161 cm³/mol. The zero-order valence-corrected chi connectivity index (χ0v) is 24.9. The molecular formula is C30H34N6O3S2. The van der Waals surface area contributed by atoms with Crippen LogP contribution >= 0.6 is 11.8 Å². The number of thioether (sulfide) groups is 1. The van der Waals surface area contributed by atoms with Gasteiger partial charge < -0.3 is 10.1 Å². The van der Waals surface area contributed by atoms with Gasteiger partial charge in [-0.2, -0.15) is 10.2 Å². The number of anilines is 1. The van der Waals surface area contributed by atoms with Gasteiger partial charge in [0.15, 0.2) is 0 Å². The Hall–Kier alpha value is -3.43. The number of nitrogens with one attached hydrogen (secondary N) is 1. The van der Waals surface area contributed by atoms with E-state index in [1.165, 1.54) is 6.08 Å². The number of rotatable bonds is 8. The van der Waals surface area contributed by atoms with Gasteiger partial charge in [-0.3, -0.25) is 4.90 Å². The lowest BCUT2D eigenvalue weighted by Gasteiger charge is -2.32. The molecule has 1 saturated heterocycles. The van der Waals surface area contributed by atoms with E-state index in [0.29, 0.717) is 11.8 Å². The third kappa shape index (κ3) is 7.26. The van der Waals surface area contributed by atoms with Crippen molar-refractivity contribution < 1.29 is 13.2 Å². The summed E-state index contributed by atoms with van der Waals surface area (Å²) in [5.41, 5.74) is 5.01. The highest BCUT2D eigenvalue weighted by Gasteiger charge is 2.24. The first-order valence-corrected chi connectivity index (χ1v) is 16.2. The van der Waals surface area contributed by atoms with Crippen LogP contribution in [0.15, 0.2) is 52.3 Å². The van der Waals surface area contributed by atoms with Crippen LogP contribution in [0.4, 0.5) is 5.95 Å². The van der Waals surface area contributed by atoms with E-state index in [-0.39, 0.29) is 10.9 Å². The summed E-state index contributed by atoms with van der Waals surface area (Å²) in [6, 6.07) is 13.1. The summed E-state index contributed by atoms with van der Waals surface area (Å²) in [5, 5.41) is 17.6. The lowest BCUT2D eigenvalue weighted by Crippen LogP contribution is -2.39. The molecule has 3 N–H and O–H groups in total. The van der Waals surface area contributed by atoms with Crippen LogP contribution in [0, 0.1) is 25.2 Å². The molecule has 5 rings (SSSR count). The van der Waals surface area contributed by atoms with Gasteiger partial charge in [0.05, 0.1) is 21.6 Å². The molecule has 2 aromatic carbocycles. The summed E-state index contributed by atoms with van der Waals surface area (Å²) in [6.07, 6.45) is 7.12. The van der Waals surface area contributed by atoms with Crippen LogP contribution in [-0.4, -0.2) is 48.2 Å². The fraction of sp³-hybridized carbons (Fsp3) is 0.367. The van der Waals surface area contributed by atoms with Crippen molar-refractivity contribution in [2.75, 3.05) is 24.2 Å². The van der Waals surface area contributed by atoms with Crippen molar-refractivity contribution in [1.29, 1.82) is 5.26 Å². The monoisotopic (exact) mass is 590 g/mol. The molecule has 0 amide bonds. The van der Waals surface area contributed by atoms with E-state index in [0.717, 1.165) is 89.7 Å². The quantitative estimate of drug-likeness (QED) is 0.340. The number of aryl methyl sites for hydroxylation is 3. The largest absolute Gasteiger partial charge is 0.437 e. The maximum absolute atomic E-state index is 11.5. The fourth-order valence-electron chi connectivity index (χ4n) is 5.27. The minimum Gasteiger partial charge on any atom is -0.437 e. The molecule has 0 spiro atoms. The molecule has 0 saturated carbocycles. The molecule has 41 heavy (non-hydrogen) atoms. The minimum absolute atomic E-state index is 0.131. The van der Waals surface area contributed by atoms with Crippen LogP contribution in [-0.2, 0) is 23.0 Å². The van der Waals surface area contributed by atoms with E-state index in [9.17, 15) is 8.42 Å². The predicted octanol–water partition coefficient (Wildman–Crippen LogP) is 5.18. The van der Waals surface area contributed by atoms with Gasteiger partial charge in [0.25, 0.3) is 0 Å². The van der Waals surface area contributed by atoms with Crippen LogP contribution in [0.2, 0.25) is 0 Å². The maximum atomic E-state index is 11.5. The van der Waals surface area contributed by atoms with Crippen molar-refractivity contribution in [1.82, 2.24) is 14.9 Å². The fourth-order valence-corrected chi connectivity index (χ4v) is 6.80. The third-order valence-corrected chi connectivity index (χ3v) is 9.44. The first kappa shape index (κ1) is 29.1. The summed E-state index contributed by atoms with van der Waals surface area (Å²) in [6.45, 7) is 6.59. The van der Waals surface area contributed by atoms with E-state index in [1.54, 1.807) is 30.0 Å². The number of nitriles is 1. The van der Waals surface area contributed by atoms with Gasteiger partial charge >= 0.3 is 0 Å². The SMILES string of the molecule is Cc1cc(C=CC#N)cc(C)c1Oc1nc(NC2CCN(Cc3ccc(S(N)(=O)=O)cc3)CC2)nc2c1SCCC2. The second-order valence-corrected chi connectivity index (χ2v) is 13.2. The van der Waals surface area contributed by atoms with Gasteiger partial charge in [0.1, 0.15) is 5.75 Å². The molecule has 2 aliphatic rings. The smallest absolute Gasteiger partial charge is 0.238 e. The summed E-state index contributed by atoms with van der Waals surface area (Å²) < 4.78 is 29.5. The van der Waals surface area contributed by atoms with Gasteiger partial charge in [-0.15, -0.1) is 11.8 Å². The number of piperidine rings is 1. The molecule has 0 radical (unpaired) electrons. The van der Waals surface area contributed by atoms with Gasteiger partial charge in [-0.1, -0.05) is 12.1 Å². The number of aromatic nitrogens is 2. The number of benzene rings is 2. The number of allylic oxidation sites excluding steroid dienone is 1. The van der Waals surface area contributed by atoms with Crippen LogP contribution in [0.5, 0.6) is 11.6 Å². The van der Waals surface area contributed by atoms with Crippen LogP contribution < -0.4 is 15.2 Å². The van der Waals surface area contributed by atoms with E-state index in [4.69, 9.17) is 25.1 Å². The Morgan fingerprint density at radius 3 is 2.54 bits per heavy atom. The topological polar surface area (TPSA) is 134 Å². The standard InChI is InChI=1S/C30H34N6O3S2/c1-20-17-23(5-3-13-31)18-21(2)27(20)39-29-28-26(6-4-16-40-28)34-30(35-29)33-24-11-14-36(15-12-24)19-22-7-9-25(10-8-22)41(32,37)38/h3,5,7-10,17-18,24H,4,6,11-12,14-16,19H2,1-2H3,(H2,32,37,38)(H,33,34,35). The lowest BCUT2D eigenvalue weighted by atomic mass is 10.0. The second kappa shape index (κ2) is 12.6. The van der Waals surface area contributed by atoms with Gasteiger partial charge in [0, 0.05) is 31.8 Å². The summed E-state index contributed by atoms with van der Waals surface area (Å²) in [7, 11) is -3.68. The molecule has 3 heterocycles. The summed E-state index contributed by atoms with van der Waals surface area (Å²) in [5.74, 6) is 2.98. The van der Waals surface area contributed by atoms with Crippen molar-refractivity contribution in [3.63, 3.8) is 0 Å². The molecule has 0 bridgehead atoms. The summed E-state index contributed by atoms with van der Waals surface area (Å²) in [4.78, 5) is 13.2. The molecule has 3 aromatic rings. The molecule has 9 nitrogen and oxygen atoms in total. The number of nitrogens with zero attached hydrogens (tertiary/aromatic N) is 4. The number of nitrogens with two attached hydrogens (primary N) is 1. The maximum Gasteiger partial charge on any atom is 0.238 e. The third-order valence-electron chi connectivity index (χ3n) is 7.32. The average Bonchev–Trinajstić information content (AvgIpc) is 2.94. The Kier molecular flexibility index (Phi) is 8.94. The molecule has 2 aliphatic heterocycles. The number of hydrogen-bond acceptors (Lipinski definition) is 9. The van der Waals surface area contributed by atoms with Crippen molar-refractivity contribution in [3.8, 4) is 17.7 Å². The molecule has 0 atom stereocenters. The Morgan fingerprint density at radius 2 is 1.88 bits per heavy atom. The molecule has 0 unspecified atom stereocenters. The van der Waals surface area contributed by atoms with Crippen LogP contribution in [0.1, 0.15) is 47.2 Å². The number of sulfonamides is 1. The van der Waals surface area contributed by atoms with Gasteiger partial charge in [-0.05, 0) is 97.9 Å². The minimum atomic E-state index is -3.68. The first-order valence-electron chi connectivity index (χ1n) is 13.7. The highest BCUT2D eigenvalue weighted by molar-refractivity contribution is 7.99. The number of primary sulfonamides is 1. The zero-order valence-electron chi connectivity index (χ0n) is 23.3. The molecule has 214 valence electrons. The molecule has 11 heteroatoms. The van der Waals surface area contributed by atoms with Crippen LogP contribution in [0.3, 0.4) is 0 Å². The number of fused-ring (bicyclic) bond motifs is 1. The van der Waals surface area contributed by atoms with Crippen LogP contribution in [0.25, 0.3) is 6.08 Å². The Balaban J connectivity index is 1.26. The Labute approximate surface area is 245 Å². The van der Waals surface area contributed by atoms with Crippen molar-refractivity contribution >= 4 is 33.8 Å². The van der Waals surface area contributed by atoms with E-state index < -0.39 is 10.0 Å². The van der Waals surface area contributed by atoms with Crippen molar-refractivity contribution in [2.24, 2.45) is 5.14 Å². The number of ether oxygens (including phenoxy) is 1. The highest BCUT2D eigenvalue weighted by Crippen LogP contribution is 2.40. The number of hydrogen-bond donors (Lipinski definition) is 2. The van der Waals surface area contributed by atoms with Crippen molar-refractivity contribution in [2.45, 2.75) is 61.9 Å². The second-order valence-electron chi connectivity index (χ2n) is 10.5. The lowest BCUT2D eigenvalue weighted by molar-refractivity contribution is 0.211. The highest BCUT2D eigenvalue weighted by atomic mass is 32.2. The van der Waals surface area contributed by atoms with Crippen molar-refractivity contribution in [3.05, 3.63) is 70.4 Å². The van der Waals surface area contributed by atoms with Gasteiger partial charge in [0.2, 0.25) is 21.9 Å². The molecular weight excluding hydrogens is 557 g/mol.